The maximum absolute atomic E-state index is 13.1. The van der Waals surface area contributed by atoms with E-state index in [4.69, 9.17) is 0 Å². The molecular weight excluding hydrogens is 291 g/mol. The minimum Gasteiger partial charge on any atom is -0.384 e. The second kappa shape index (κ2) is 6.69. The third-order valence-electron chi connectivity index (χ3n) is 3.06. The van der Waals surface area contributed by atoms with E-state index < -0.39 is 10.0 Å². The molecule has 2 aromatic rings. The number of hydrogen-bond donors (Lipinski definition) is 2. The molecule has 21 heavy (non-hydrogen) atoms. The molecule has 2 rings (SSSR count). The fourth-order valence-electron chi connectivity index (χ4n) is 1.99. The summed E-state index contributed by atoms with van der Waals surface area (Å²) >= 11 is 0. The van der Waals surface area contributed by atoms with Crippen LogP contribution < -0.4 is 10.0 Å². The van der Waals surface area contributed by atoms with Crippen molar-refractivity contribution in [3.05, 3.63) is 59.9 Å². The number of hydrogen-bond acceptors (Lipinski definition) is 3. The van der Waals surface area contributed by atoms with E-state index in [-0.39, 0.29) is 10.7 Å². The normalized spacial score (nSPS) is 11.3. The van der Waals surface area contributed by atoms with E-state index >= 15 is 0 Å². The van der Waals surface area contributed by atoms with Gasteiger partial charge in [0.15, 0.2) is 0 Å². The van der Waals surface area contributed by atoms with E-state index in [9.17, 15) is 12.8 Å². The molecule has 2 aromatic carbocycles. The Hall–Kier alpha value is -1.92. The second-order valence-electron chi connectivity index (χ2n) is 4.51. The molecular formula is C15H17FN2O2S. The molecule has 0 aliphatic rings. The van der Waals surface area contributed by atoms with Crippen molar-refractivity contribution in [3.63, 3.8) is 0 Å². The highest BCUT2D eigenvalue weighted by Gasteiger charge is 2.15. The van der Waals surface area contributed by atoms with Crippen molar-refractivity contribution >= 4 is 15.7 Å². The minimum absolute atomic E-state index is 0.201. The average Bonchev–Trinajstić information content (AvgIpc) is 2.48. The topological polar surface area (TPSA) is 58.2 Å². The number of sulfonamides is 1. The molecule has 0 spiro atoms. The molecule has 0 aliphatic carbocycles. The maximum atomic E-state index is 13.1. The molecule has 0 radical (unpaired) electrons. The number of benzene rings is 2. The molecule has 0 heterocycles. The first-order valence-corrected chi connectivity index (χ1v) is 8.02. The van der Waals surface area contributed by atoms with Crippen LogP contribution in [0.5, 0.6) is 0 Å². The lowest BCUT2D eigenvalue weighted by molar-refractivity contribution is 0.588. The summed E-state index contributed by atoms with van der Waals surface area (Å²) in [5.74, 6) is -0.273. The summed E-state index contributed by atoms with van der Waals surface area (Å²) in [5, 5.41) is 3.08. The lowest BCUT2D eigenvalue weighted by atomic mass is 10.1. The van der Waals surface area contributed by atoms with Crippen LogP contribution in [0.1, 0.15) is 5.56 Å². The largest absolute Gasteiger partial charge is 0.384 e. The molecule has 112 valence electrons. The van der Waals surface area contributed by atoms with E-state index in [1.165, 1.54) is 25.2 Å². The number of nitrogens with one attached hydrogen (secondary N) is 2. The van der Waals surface area contributed by atoms with Gasteiger partial charge in [-0.1, -0.05) is 24.3 Å². The first-order valence-electron chi connectivity index (χ1n) is 6.54. The van der Waals surface area contributed by atoms with Crippen molar-refractivity contribution in [2.45, 2.75) is 11.3 Å². The van der Waals surface area contributed by atoms with Crippen molar-refractivity contribution in [1.29, 1.82) is 0 Å². The number of anilines is 1. The first kappa shape index (κ1) is 15.5. The Balaban J connectivity index is 2.07. The van der Waals surface area contributed by atoms with Crippen LogP contribution in [-0.2, 0) is 16.4 Å². The molecule has 0 bridgehead atoms. The summed E-state index contributed by atoms with van der Waals surface area (Å²) in [6, 6.07) is 13.0. The summed E-state index contributed by atoms with van der Waals surface area (Å²) in [7, 11) is -2.13. The van der Waals surface area contributed by atoms with Crippen LogP contribution in [0.4, 0.5) is 10.1 Å². The van der Waals surface area contributed by atoms with Crippen LogP contribution in [0.3, 0.4) is 0 Å². The smallest absolute Gasteiger partial charge is 0.242 e. The quantitative estimate of drug-likeness (QED) is 0.861. The Kier molecular flexibility index (Phi) is 4.93. The van der Waals surface area contributed by atoms with Crippen LogP contribution in [0.2, 0.25) is 0 Å². The zero-order valence-corrected chi connectivity index (χ0v) is 12.5. The SMILES string of the molecule is CNS(=O)(=O)c1ccccc1NCCc1cccc(F)c1. The Morgan fingerprint density at radius 3 is 2.57 bits per heavy atom. The molecule has 0 amide bonds. The highest BCUT2D eigenvalue weighted by molar-refractivity contribution is 7.89. The number of rotatable bonds is 6. The van der Waals surface area contributed by atoms with E-state index in [0.717, 1.165) is 5.56 Å². The standard InChI is InChI=1S/C15H17FN2O2S/c1-17-21(19,20)15-8-3-2-7-14(15)18-10-9-12-5-4-6-13(16)11-12/h2-8,11,17-18H,9-10H2,1H3. The van der Waals surface area contributed by atoms with Crippen molar-refractivity contribution in [3.8, 4) is 0 Å². The highest BCUT2D eigenvalue weighted by Crippen LogP contribution is 2.20. The first-order chi connectivity index (χ1) is 10.0. The van der Waals surface area contributed by atoms with E-state index in [1.807, 2.05) is 6.07 Å². The summed E-state index contributed by atoms with van der Waals surface area (Å²) < 4.78 is 39.2. The fourth-order valence-corrected chi connectivity index (χ4v) is 2.90. The van der Waals surface area contributed by atoms with Crippen LogP contribution in [0.15, 0.2) is 53.4 Å². The zero-order chi connectivity index (χ0) is 15.3. The molecule has 0 saturated heterocycles. The summed E-state index contributed by atoms with van der Waals surface area (Å²) in [6.07, 6.45) is 0.603. The van der Waals surface area contributed by atoms with Gasteiger partial charge in [0.05, 0.1) is 5.69 Å². The third kappa shape index (κ3) is 4.03. The number of halogens is 1. The predicted octanol–water partition coefficient (Wildman–Crippen LogP) is 2.39. The van der Waals surface area contributed by atoms with Gasteiger partial charge in [0.25, 0.3) is 0 Å². The summed E-state index contributed by atoms with van der Waals surface area (Å²) in [4.78, 5) is 0.201. The van der Waals surface area contributed by atoms with Gasteiger partial charge in [0.2, 0.25) is 10.0 Å². The minimum atomic E-state index is -3.50. The van der Waals surface area contributed by atoms with Crippen LogP contribution in [0, 0.1) is 5.82 Å². The van der Waals surface area contributed by atoms with Crippen molar-refractivity contribution in [2.24, 2.45) is 0 Å². The van der Waals surface area contributed by atoms with Gasteiger partial charge in [-0.3, -0.25) is 0 Å². The molecule has 2 N–H and O–H groups in total. The van der Waals surface area contributed by atoms with Crippen LogP contribution >= 0.6 is 0 Å². The lowest BCUT2D eigenvalue weighted by Gasteiger charge is -2.12. The predicted molar refractivity (Wildman–Crippen MR) is 81.3 cm³/mol. The molecule has 0 aliphatic heterocycles. The third-order valence-corrected chi connectivity index (χ3v) is 4.54. The second-order valence-corrected chi connectivity index (χ2v) is 6.37. The van der Waals surface area contributed by atoms with Crippen molar-refractivity contribution in [2.75, 3.05) is 18.9 Å². The van der Waals surface area contributed by atoms with Crippen LogP contribution in [0.25, 0.3) is 0 Å². The van der Waals surface area contributed by atoms with Gasteiger partial charge in [0, 0.05) is 6.54 Å². The van der Waals surface area contributed by atoms with Gasteiger partial charge in [0.1, 0.15) is 10.7 Å². The van der Waals surface area contributed by atoms with Crippen molar-refractivity contribution in [1.82, 2.24) is 4.72 Å². The summed E-state index contributed by atoms with van der Waals surface area (Å²) in [6.45, 7) is 0.514. The fraction of sp³-hybridized carbons (Fsp3) is 0.200. The molecule has 0 saturated carbocycles. The Morgan fingerprint density at radius 1 is 1.10 bits per heavy atom. The molecule has 0 atom stereocenters. The summed E-state index contributed by atoms with van der Waals surface area (Å²) in [5.41, 5.74) is 1.39. The highest BCUT2D eigenvalue weighted by atomic mass is 32.2. The lowest BCUT2D eigenvalue weighted by Crippen LogP contribution is -2.20. The Labute approximate surface area is 124 Å². The van der Waals surface area contributed by atoms with Gasteiger partial charge in [-0.2, -0.15) is 0 Å². The van der Waals surface area contributed by atoms with Gasteiger partial charge in [-0.25, -0.2) is 17.5 Å². The molecule has 6 heteroatoms. The average molecular weight is 308 g/mol. The Bertz CT molecular complexity index is 717. The van der Waals surface area contributed by atoms with E-state index in [1.54, 1.807) is 24.3 Å². The van der Waals surface area contributed by atoms with Gasteiger partial charge < -0.3 is 5.32 Å². The zero-order valence-electron chi connectivity index (χ0n) is 11.6. The monoisotopic (exact) mass is 308 g/mol. The van der Waals surface area contributed by atoms with Gasteiger partial charge >= 0.3 is 0 Å². The molecule has 4 nitrogen and oxygen atoms in total. The maximum Gasteiger partial charge on any atom is 0.242 e. The van der Waals surface area contributed by atoms with E-state index in [0.29, 0.717) is 18.7 Å². The van der Waals surface area contributed by atoms with Gasteiger partial charge in [-0.15, -0.1) is 0 Å². The van der Waals surface area contributed by atoms with Gasteiger partial charge in [-0.05, 0) is 43.3 Å². The van der Waals surface area contributed by atoms with E-state index in [2.05, 4.69) is 10.0 Å². The van der Waals surface area contributed by atoms with Crippen LogP contribution in [-0.4, -0.2) is 22.0 Å². The number of para-hydroxylation sites is 1. The molecule has 0 fully saturated rings. The molecule has 0 unspecified atom stereocenters. The van der Waals surface area contributed by atoms with Crippen molar-refractivity contribution < 1.29 is 12.8 Å². The molecule has 0 aromatic heterocycles. The Morgan fingerprint density at radius 2 is 1.86 bits per heavy atom.